The van der Waals surface area contributed by atoms with E-state index in [-0.39, 0.29) is 0 Å². The molecule has 0 aromatic heterocycles. The van der Waals surface area contributed by atoms with E-state index in [9.17, 15) is 4.79 Å². The zero-order valence-corrected chi connectivity index (χ0v) is 10.1. The number of rotatable bonds is 2. The van der Waals surface area contributed by atoms with Crippen LogP contribution in [0.4, 0.5) is 0 Å². The first kappa shape index (κ1) is 10.4. The molecule has 0 radical (unpaired) electrons. The molecule has 74 valence electrons. The first-order chi connectivity index (χ1) is 7.31. The van der Waals surface area contributed by atoms with E-state index in [2.05, 4.69) is 34.7 Å². The van der Waals surface area contributed by atoms with Gasteiger partial charge in [0.15, 0.2) is 0 Å². The second kappa shape index (κ2) is 4.57. The van der Waals surface area contributed by atoms with Gasteiger partial charge in [-0.15, -0.1) is 0 Å². The number of carbonyl (C=O) groups excluding carboxylic acids is 1. The van der Waals surface area contributed by atoms with Crippen LogP contribution in [-0.4, -0.2) is 6.29 Å². The smallest absolute Gasteiger partial charge is 0.150 e. The lowest BCUT2D eigenvalue weighted by Gasteiger charge is -2.04. The van der Waals surface area contributed by atoms with Crippen LogP contribution >= 0.6 is 22.6 Å². The minimum Gasteiger partial charge on any atom is -0.298 e. The highest BCUT2D eigenvalue weighted by molar-refractivity contribution is 14.1. The van der Waals surface area contributed by atoms with Crippen molar-refractivity contribution >= 4 is 28.9 Å². The quantitative estimate of drug-likeness (QED) is 0.610. The van der Waals surface area contributed by atoms with Gasteiger partial charge in [-0.05, 0) is 45.9 Å². The average Bonchev–Trinajstić information content (AvgIpc) is 2.30. The fraction of sp³-hybridized carbons (Fsp3) is 0. The highest BCUT2D eigenvalue weighted by Gasteiger charge is 2.01. The molecular formula is C13H9IO. The molecule has 0 atom stereocenters. The predicted molar refractivity (Wildman–Crippen MR) is 70.0 cm³/mol. The van der Waals surface area contributed by atoms with Gasteiger partial charge in [-0.1, -0.05) is 36.4 Å². The van der Waals surface area contributed by atoms with Crippen molar-refractivity contribution in [1.29, 1.82) is 0 Å². The number of carbonyl (C=O) groups is 1. The number of hydrogen-bond donors (Lipinski definition) is 0. The predicted octanol–water partition coefficient (Wildman–Crippen LogP) is 3.77. The van der Waals surface area contributed by atoms with Crippen LogP contribution in [0.25, 0.3) is 11.1 Å². The Morgan fingerprint density at radius 1 is 1.00 bits per heavy atom. The second-order valence-electron chi connectivity index (χ2n) is 3.22. The highest BCUT2D eigenvalue weighted by Crippen LogP contribution is 2.25. The summed E-state index contributed by atoms with van der Waals surface area (Å²) in [5.74, 6) is 0. The van der Waals surface area contributed by atoms with Gasteiger partial charge < -0.3 is 0 Å². The lowest BCUT2D eigenvalue weighted by Crippen LogP contribution is -1.84. The van der Waals surface area contributed by atoms with Crippen LogP contribution in [0.3, 0.4) is 0 Å². The molecule has 2 rings (SSSR count). The van der Waals surface area contributed by atoms with Crippen LogP contribution in [0.5, 0.6) is 0 Å². The third-order valence-corrected chi connectivity index (χ3v) is 3.15. The highest BCUT2D eigenvalue weighted by atomic mass is 127. The molecule has 1 nitrogen and oxygen atoms in total. The summed E-state index contributed by atoms with van der Waals surface area (Å²) in [5.41, 5.74) is 2.97. The second-order valence-corrected chi connectivity index (χ2v) is 4.39. The van der Waals surface area contributed by atoms with Gasteiger partial charge in [-0.25, -0.2) is 0 Å². The molecule has 0 amide bonds. The van der Waals surface area contributed by atoms with Gasteiger partial charge >= 0.3 is 0 Å². The summed E-state index contributed by atoms with van der Waals surface area (Å²) in [7, 11) is 0. The Labute approximate surface area is 102 Å². The van der Waals surface area contributed by atoms with E-state index in [1.165, 1.54) is 9.13 Å². The molecule has 0 N–H and O–H groups in total. The van der Waals surface area contributed by atoms with Gasteiger partial charge in [0.2, 0.25) is 0 Å². The molecule has 0 saturated carbocycles. The molecule has 15 heavy (non-hydrogen) atoms. The van der Waals surface area contributed by atoms with E-state index in [1.54, 1.807) is 0 Å². The maximum absolute atomic E-state index is 10.7. The molecule has 0 aliphatic rings. The lowest BCUT2D eigenvalue weighted by atomic mass is 10.0. The molecule has 0 heterocycles. The molecule has 2 aromatic carbocycles. The molecule has 0 aliphatic heterocycles. The third kappa shape index (κ3) is 2.26. The van der Waals surface area contributed by atoms with Crippen LogP contribution in [0, 0.1) is 3.57 Å². The van der Waals surface area contributed by atoms with E-state index in [0.717, 1.165) is 11.8 Å². The van der Waals surface area contributed by atoms with Gasteiger partial charge in [0.1, 0.15) is 6.29 Å². The molecule has 0 aliphatic carbocycles. The van der Waals surface area contributed by atoms with E-state index in [0.29, 0.717) is 5.56 Å². The zero-order chi connectivity index (χ0) is 10.7. The van der Waals surface area contributed by atoms with Crippen LogP contribution < -0.4 is 0 Å². The van der Waals surface area contributed by atoms with Crippen LogP contribution in [-0.2, 0) is 0 Å². The Kier molecular flexibility index (Phi) is 3.16. The molecule has 0 spiro atoms. The monoisotopic (exact) mass is 308 g/mol. The van der Waals surface area contributed by atoms with Crippen molar-refractivity contribution in [2.75, 3.05) is 0 Å². The molecule has 0 bridgehead atoms. The Balaban J connectivity index is 2.54. The normalized spacial score (nSPS) is 9.93. The Morgan fingerprint density at radius 3 is 2.53 bits per heavy atom. The summed E-state index contributed by atoms with van der Waals surface area (Å²) < 4.78 is 1.19. The summed E-state index contributed by atoms with van der Waals surface area (Å²) in [6, 6.07) is 15.8. The first-order valence-electron chi connectivity index (χ1n) is 4.61. The summed E-state index contributed by atoms with van der Waals surface area (Å²) >= 11 is 2.30. The van der Waals surface area contributed by atoms with Crippen LogP contribution in [0.15, 0.2) is 48.5 Å². The van der Waals surface area contributed by atoms with Gasteiger partial charge in [-0.3, -0.25) is 4.79 Å². The summed E-state index contributed by atoms with van der Waals surface area (Å²) in [5, 5.41) is 0. The molecule has 2 aromatic rings. The zero-order valence-electron chi connectivity index (χ0n) is 7.98. The van der Waals surface area contributed by atoms with Gasteiger partial charge in [-0.2, -0.15) is 0 Å². The van der Waals surface area contributed by atoms with Gasteiger partial charge in [0.25, 0.3) is 0 Å². The molecule has 0 fully saturated rings. The van der Waals surface area contributed by atoms with E-state index in [1.807, 2.05) is 36.4 Å². The van der Waals surface area contributed by atoms with E-state index >= 15 is 0 Å². The van der Waals surface area contributed by atoms with Crippen molar-refractivity contribution in [2.24, 2.45) is 0 Å². The maximum atomic E-state index is 10.7. The molecule has 0 saturated heterocycles. The van der Waals surface area contributed by atoms with Crippen molar-refractivity contribution in [3.8, 4) is 11.1 Å². The van der Waals surface area contributed by atoms with Crippen molar-refractivity contribution < 1.29 is 4.79 Å². The number of hydrogen-bond acceptors (Lipinski definition) is 1. The summed E-state index contributed by atoms with van der Waals surface area (Å²) in [6.07, 6.45) is 0.874. The van der Waals surface area contributed by atoms with Crippen molar-refractivity contribution in [1.82, 2.24) is 0 Å². The molecular weight excluding hydrogens is 299 g/mol. The topological polar surface area (TPSA) is 17.1 Å². The van der Waals surface area contributed by atoms with Crippen LogP contribution in [0.1, 0.15) is 10.4 Å². The molecule has 0 unspecified atom stereocenters. The fourth-order valence-corrected chi connectivity index (χ4v) is 2.17. The standard InChI is InChI=1S/C13H9IO/c14-13-7-2-1-6-12(13)11-5-3-4-10(8-11)9-15/h1-9H. The number of aldehydes is 1. The fourth-order valence-electron chi connectivity index (χ4n) is 1.47. The van der Waals surface area contributed by atoms with Crippen molar-refractivity contribution in [2.45, 2.75) is 0 Å². The third-order valence-electron chi connectivity index (χ3n) is 2.21. The van der Waals surface area contributed by atoms with Crippen molar-refractivity contribution in [3.05, 3.63) is 57.7 Å². The Bertz CT molecular complexity index is 491. The summed E-state index contributed by atoms with van der Waals surface area (Å²) in [4.78, 5) is 10.7. The number of halogens is 1. The summed E-state index contributed by atoms with van der Waals surface area (Å²) in [6.45, 7) is 0. The SMILES string of the molecule is O=Cc1cccc(-c2ccccc2I)c1. The minimum atomic E-state index is 0.715. The van der Waals surface area contributed by atoms with Gasteiger partial charge in [0, 0.05) is 9.13 Å². The van der Waals surface area contributed by atoms with E-state index in [4.69, 9.17) is 0 Å². The Morgan fingerprint density at radius 2 is 1.80 bits per heavy atom. The largest absolute Gasteiger partial charge is 0.298 e. The first-order valence-corrected chi connectivity index (χ1v) is 5.69. The Hall–Kier alpha value is -1.16. The number of benzene rings is 2. The minimum absolute atomic E-state index is 0.715. The van der Waals surface area contributed by atoms with Crippen molar-refractivity contribution in [3.63, 3.8) is 0 Å². The van der Waals surface area contributed by atoms with Crippen LogP contribution in [0.2, 0.25) is 0 Å². The van der Waals surface area contributed by atoms with Gasteiger partial charge in [0.05, 0.1) is 0 Å². The molecule has 2 heteroatoms. The lowest BCUT2D eigenvalue weighted by molar-refractivity contribution is 0.112. The average molecular weight is 308 g/mol. The van der Waals surface area contributed by atoms with E-state index < -0.39 is 0 Å². The maximum Gasteiger partial charge on any atom is 0.150 e.